The van der Waals surface area contributed by atoms with Gasteiger partial charge in [0.05, 0.1) is 12.1 Å². The predicted octanol–water partition coefficient (Wildman–Crippen LogP) is -0.522. The Morgan fingerprint density at radius 1 is 1.33 bits per heavy atom. The normalized spacial score (nSPS) is 16.3. The number of quaternary nitrogens is 1. The van der Waals surface area contributed by atoms with Crippen LogP contribution in [0.1, 0.15) is 17.3 Å². The first kappa shape index (κ1) is 13.8. The number of hydrogen-bond donors (Lipinski definition) is 2. The lowest BCUT2D eigenvalue weighted by Crippen LogP contribution is -3.14. The number of carbonyl (C=O) groups excluding carboxylic acids is 1. The van der Waals surface area contributed by atoms with E-state index in [-0.39, 0.29) is 5.91 Å². The van der Waals surface area contributed by atoms with Gasteiger partial charge in [-0.25, -0.2) is 4.98 Å². The monoisotopic (exact) mass is 286 g/mol. The molecule has 0 atom stereocenters. The van der Waals surface area contributed by atoms with Crippen molar-refractivity contribution in [3.63, 3.8) is 0 Å². The molecule has 4 N–H and O–H groups in total. The van der Waals surface area contributed by atoms with Crippen LogP contribution in [0.3, 0.4) is 0 Å². The topological polar surface area (TPSA) is 64.9 Å². The molecule has 1 aliphatic heterocycles. The van der Waals surface area contributed by atoms with E-state index in [0.29, 0.717) is 5.56 Å². The number of anilines is 1. The maximum absolute atomic E-state index is 11.7. The molecule has 0 bridgehead atoms. The molecule has 1 fully saturated rings. The highest BCUT2D eigenvalue weighted by Gasteiger charge is 2.26. The van der Waals surface area contributed by atoms with Gasteiger partial charge in [0.15, 0.2) is 0 Å². The molecule has 1 saturated heterocycles. The number of pyridine rings is 1. The fourth-order valence-corrected chi connectivity index (χ4v) is 3.01. The number of likely N-dealkylation sites (N-methyl/N-ethyl adjacent to an activating group) is 1. The molecule has 110 valence electrons. The highest BCUT2D eigenvalue weighted by Crippen LogP contribution is 2.19. The quantitative estimate of drug-likeness (QED) is 0.797. The molecule has 0 unspecified atom stereocenters. The largest absolute Gasteiger partial charge is 0.366 e. The second-order valence-electron chi connectivity index (χ2n) is 5.57. The summed E-state index contributed by atoms with van der Waals surface area (Å²) in [5.41, 5.74) is 7.09. The Morgan fingerprint density at radius 2 is 2.05 bits per heavy atom. The van der Waals surface area contributed by atoms with Crippen LogP contribution in [0.4, 0.5) is 5.82 Å². The minimum atomic E-state index is -0.376. The van der Waals surface area contributed by atoms with E-state index < -0.39 is 0 Å². The van der Waals surface area contributed by atoms with Gasteiger partial charge >= 0.3 is 0 Å². The summed E-state index contributed by atoms with van der Waals surface area (Å²) in [6.07, 6.45) is 0. The van der Waals surface area contributed by atoms with Crippen molar-refractivity contribution in [1.82, 2.24) is 0 Å². The van der Waals surface area contributed by atoms with Gasteiger partial charge in [-0.2, -0.15) is 0 Å². The van der Waals surface area contributed by atoms with E-state index in [1.54, 1.807) is 4.90 Å². The molecule has 0 aliphatic carbocycles. The predicted molar refractivity (Wildman–Crippen MR) is 82.5 cm³/mol. The van der Waals surface area contributed by atoms with E-state index in [1.165, 1.54) is 6.54 Å². The zero-order valence-corrected chi connectivity index (χ0v) is 12.4. The van der Waals surface area contributed by atoms with E-state index in [2.05, 4.69) is 16.8 Å². The summed E-state index contributed by atoms with van der Waals surface area (Å²) < 4.78 is 0. The van der Waals surface area contributed by atoms with E-state index >= 15 is 0 Å². The lowest BCUT2D eigenvalue weighted by atomic mass is 10.1. The highest BCUT2D eigenvalue weighted by atomic mass is 16.1. The molecule has 21 heavy (non-hydrogen) atoms. The van der Waals surface area contributed by atoms with Crippen LogP contribution < -0.4 is 20.5 Å². The first-order valence-electron chi connectivity index (χ1n) is 7.52. The number of nitrogens with one attached hydrogen (secondary N) is 2. The van der Waals surface area contributed by atoms with Crippen LogP contribution in [0, 0.1) is 0 Å². The first-order chi connectivity index (χ1) is 10.2. The Balaban J connectivity index is 1.98. The fourth-order valence-electron chi connectivity index (χ4n) is 3.01. The molecular weight excluding hydrogens is 264 g/mol. The zero-order chi connectivity index (χ0) is 14.8. The average Bonchev–Trinajstić information content (AvgIpc) is 2.53. The van der Waals surface area contributed by atoms with Crippen molar-refractivity contribution in [1.29, 1.82) is 0 Å². The SMILES string of the molecule is CC[NH+]1CCN(c2cc(C(N)=O)c3ccccc3[nH+]2)CC1. The summed E-state index contributed by atoms with van der Waals surface area (Å²) in [6, 6.07) is 9.69. The molecule has 2 heterocycles. The number of hydrogen-bond acceptors (Lipinski definition) is 2. The molecule has 1 aromatic carbocycles. The summed E-state index contributed by atoms with van der Waals surface area (Å²) in [6.45, 7) is 7.64. The maximum atomic E-state index is 11.7. The number of carbonyl (C=O) groups is 1. The second kappa shape index (κ2) is 5.69. The number of aromatic nitrogens is 1. The second-order valence-corrected chi connectivity index (χ2v) is 5.57. The van der Waals surface area contributed by atoms with Gasteiger partial charge in [0, 0.05) is 11.5 Å². The molecule has 5 nitrogen and oxygen atoms in total. The van der Waals surface area contributed by atoms with Gasteiger partial charge in [-0.05, 0) is 19.1 Å². The number of nitrogens with zero attached hydrogens (tertiary/aromatic N) is 1. The van der Waals surface area contributed by atoms with Crippen LogP contribution in [0.25, 0.3) is 10.9 Å². The van der Waals surface area contributed by atoms with Crippen molar-refractivity contribution < 1.29 is 14.7 Å². The molecule has 2 aromatic rings. The van der Waals surface area contributed by atoms with E-state index in [9.17, 15) is 4.79 Å². The fraction of sp³-hybridized carbons (Fsp3) is 0.375. The van der Waals surface area contributed by atoms with Gasteiger partial charge in [0.25, 0.3) is 5.82 Å². The summed E-state index contributed by atoms with van der Waals surface area (Å²) >= 11 is 0. The Labute approximate surface area is 124 Å². The molecular formula is C16H22N4O+2. The number of piperazine rings is 1. The third-order valence-corrected chi connectivity index (χ3v) is 4.34. The van der Waals surface area contributed by atoms with Gasteiger partial charge < -0.3 is 10.6 Å². The van der Waals surface area contributed by atoms with Gasteiger partial charge in [-0.15, -0.1) is 0 Å². The van der Waals surface area contributed by atoms with E-state index in [4.69, 9.17) is 5.73 Å². The Morgan fingerprint density at radius 3 is 2.71 bits per heavy atom. The van der Waals surface area contributed by atoms with Crippen molar-refractivity contribution in [2.75, 3.05) is 37.6 Å². The lowest BCUT2D eigenvalue weighted by molar-refractivity contribution is -0.898. The van der Waals surface area contributed by atoms with Crippen LogP contribution >= 0.6 is 0 Å². The Hall–Kier alpha value is -2.14. The van der Waals surface area contributed by atoms with Crippen LogP contribution in [0.15, 0.2) is 30.3 Å². The summed E-state index contributed by atoms with van der Waals surface area (Å²) in [7, 11) is 0. The summed E-state index contributed by atoms with van der Waals surface area (Å²) in [5, 5.41) is 0.881. The van der Waals surface area contributed by atoms with Crippen molar-refractivity contribution in [2.24, 2.45) is 5.73 Å². The van der Waals surface area contributed by atoms with Crippen molar-refractivity contribution in [2.45, 2.75) is 6.92 Å². The average molecular weight is 286 g/mol. The maximum Gasteiger partial charge on any atom is 0.276 e. The number of H-pyrrole nitrogens is 1. The smallest absolute Gasteiger partial charge is 0.276 e. The standard InChI is InChI=1S/C16H20N4O/c1-2-19-7-9-20(10-8-19)15-11-13(16(17)21)12-5-3-4-6-14(12)18-15/h3-6,11H,2,7-10H2,1H3,(H2,17,21)/p+2. The third kappa shape index (κ3) is 2.69. The van der Waals surface area contributed by atoms with Crippen LogP contribution in [-0.4, -0.2) is 38.6 Å². The van der Waals surface area contributed by atoms with Crippen LogP contribution in [0.2, 0.25) is 0 Å². The van der Waals surface area contributed by atoms with Gasteiger partial charge in [-0.3, -0.25) is 9.69 Å². The number of benzene rings is 1. The number of para-hydroxylation sites is 1. The number of aromatic amines is 1. The molecule has 0 radical (unpaired) electrons. The van der Waals surface area contributed by atoms with E-state index in [1.807, 2.05) is 30.3 Å². The van der Waals surface area contributed by atoms with Gasteiger partial charge in [0.2, 0.25) is 5.91 Å². The molecule has 3 rings (SSSR count). The van der Waals surface area contributed by atoms with Crippen molar-refractivity contribution >= 4 is 22.6 Å². The number of rotatable bonds is 3. The third-order valence-electron chi connectivity index (χ3n) is 4.34. The zero-order valence-electron chi connectivity index (χ0n) is 12.4. The Bertz CT molecular complexity index is 662. The highest BCUT2D eigenvalue weighted by molar-refractivity contribution is 6.05. The molecule has 0 saturated carbocycles. The van der Waals surface area contributed by atoms with Gasteiger partial charge in [0.1, 0.15) is 31.7 Å². The van der Waals surface area contributed by atoms with Crippen molar-refractivity contribution in [3.8, 4) is 0 Å². The number of primary amides is 1. The molecule has 0 spiro atoms. The molecule has 1 aromatic heterocycles. The van der Waals surface area contributed by atoms with Gasteiger partial charge in [-0.1, -0.05) is 12.1 Å². The Kier molecular flexibility index (Phi) is 3.75. The molecule has 1 amide bonds. The number of fused-ring (bicyclic) bond motifs is 1. The minimum absolute atomic E-state index is 0.376. The number of nitrogens with two attached hydrogens (primary N) is 1. The van der Waals surface area contributed by atoms with Crippen molar-refractivity contribution in [3.05, 3.63) is 35.9 Å². The molecule has 1 aliphatic rings. The summed E-state index contributed by atoms with van der Waals surface area (Å²) in [5.74, 6) is 0.608. The molecule has 5 heteroatoms. The lowest BCUT2D eigenvalue weighted by Gasteiger charge is -2.27. The first-order valence-corrected chi connectivity index (χ1v) is 7.52. The number of amides is 1. The summed E-state index contributed by atoms with van der Waals surface area (Å²) in [4.78, 5) is 19.1. The van der Waals surface area contributed by atoms with Crippen LogP contribution in [0.5, 0.6) is 0 Å². The van der Waals surface area contributed by atoms with E-state index in [0.717, 1.165) is 42.9 Å². The minimum Gasteiger partial charge on any atom is -0.366 e. The van der Waals surface area contributed by atoms with Crippen LogP contribution in [-0.2, 0) is 0 Å².